The van der Waals surface area contributed by atoms with Crippen molar-refractivity contribution in [2.45, 2.75) is 31.7 Å². The van der Waals surface area contributed by atoms with Crippen molar-refractivity contribution >= 4 is 23.4 Å². The predicted molar refractivity (Wildman–Crippen MR) is 148 cm³/mol. The number of nitrogens with one attached hydrogen (secondary N) is 2. The van der Waals surface area contributed by atoms with Gasteiger partial charge in [-0.05, 0) is 36.4 Å². The summed E-state index contributed by atoms with van der Waals surface area (Å²) in [6.45, 7) is 1.67. The Labute approximate surface area is 240 Å². The van der Waals surface area contributed by atoms with E-state index in [1.807, 2.05) is 30.5 Å². The molecule has 0 radical (unpaired) electrons. The van der Waals surface area contributed by atoms with Crippen LogP contribution in [-0.2, 0) is 17.9 Å². The first kappa shape index (κ1) is 26.8. The Balaban J connectivity index is 1.24. The maximum atomic E-state index is 13.5. The number of likely N-dealkylation sites (tertiary alicyclic amines) is 1. The van der Waals surface area contributed by atoms with E-state index in [1.165, 1.54) is 0 Å². The van der Waals surface area contributed by atoms with Crippen molar-refractivity contribution in [1.82, 2.24) is 35.4 Å². The van der Waals surface area contributed by atoms with Crippen LogP contribution in [0, 0.1) is 0 Å². The third-order valence-electron chi connectivity index (χ3n) is 7.07. The Hall–Kier alpha value is -4.42. The third kappa shape index (κ3) is 5.74. The number of aryl methyl sites for hydroxylation is 1. The SMILES string of the molecule is COc1ccccc1-c1cc(C(=O)N2C[C@@H]3NC(=O)c4ccc(Cl)c(c4)OCCCn4cc(nn4)CO[C@H]3C2)[nH]n1. The maximum absolute atomic E-state index is 13.5. The number of carbonyl (C=O) groups excluding carboxylic acids is 2. The van der Waals surface area contributed by atoms with Crippen molar-refractivity contribution in [2.75, 3.05) is 26.8 Å². The summed E-state index contributed by atoms with van der Waals surface area (Å²) in [4.78, 5) is 28.4. The Morgan fingerprint density at radius 1 is 1.17 bits per heavy atom. The highest BCUT2D eigenvalue weighted by Crippen LogP contribution is 2.29. The van der Waals surface area contributed by atoms with E-state index in [4.69, 9.17) is 25.8 Å². The van der Waals surface area contributed by atoms with E-state index in [9.17, 15) is 9.59 Å². The molecule has 2 amide bonds. The molecule has 6 rings (SSSR count). The number of nitrogens with zero attached hydrogens (tertiary/aromatic N) is 5. The van der Waals surface area contributed by atoms with Crippen LogP contribution in [0.25, 0.3) is 11.3 Å². The zero-order valence-corrected chi connectivity index (χ0v) is 23.0. The van der Waals surface area contributed by atoms with Gasteiger partial charge in [0.25, 0.3) is 11.8 Å². The normalized spacial score (nSPS) is 19.3. The standard InChI is InChI=1S/C28H28ClN7O5/c1-39-24-6-3-2-5-19(24)21-12-22(33-32-21)28(38)35-14-23-26(15-35)41-16-18-13-36(34-31-18)9-4-10-40-25-11-17(27(37)30-23)7-8-20(25)29/h2-3,5-8,11-13,23,26H,4,9-10,14-16H2,1H3,(H,30,37)(H,32,33)/t23-,26-/m0/s1. The lowest BCUT2D eigenvalue weighted by molar-refractivity contribution is 0.0290. The molecule has 2 aromatic heterocycles. The number of hydrogen-bond acceptors (Lipinski definition) is 8. The van der Waals surface area contributed by atoms with Gasteiger partial charge in [0, 0.05) is 37.2 Å². The summed E-state index contributed by atoms with van der Waals surface area (Å²) in [5.41, 5.74) is 2.71. The number of carbonyl (C=O) groups is 2. The van der Waals surface area contributed by atoms with Gasteiger partial charge in [0.05, 0.1) is 49.4 Å². The van der Waals surface area contributed by atoms with Crippen LogP contribution in [0.15, 0.2) is 54.7 Å². The number of fused-ring (bicyclic) bond motifs is 5. The molecule has 41 heavy (non-hydrogen) atoms. The Morgan fingerprint density at radius 2 is 2.05 bits per heavy atom. The van der Waals surface area contributed by atoms with Crippen LogP contribution >= 0.6 is 11.6 Å². The third-order valence-corrected chi connectivity index (χ3v) is 7.39. The molecule has 12 nitrogen and oxygen atoms in total. The smallest absolute Gasteiger partial charge is 0.272 e. The van der Waals surface area contributed by atoms with Crippen molar-refractivity contribution in [2.24, 2.45) is 0 Å². The molecule has 4 heterocycles. The molecule has 0 aliphatic carbocycles. The van der Waals surface area contributed by atoms with Gasteiger partial charge in [-0.1, -0.05) is 28.9 Å². The second kappa shape index (κ2) is 11.6. The molecule has 1 saturated heterocycles. The van der Waals surface area contributed by atoms with E-state index in [2.05, 4.69) is 25.8 Å². The average molecular weight is 578 g/mol. The van der Waals surface area contributed by atoms with Crippen molar-refractivity contribution < 1.29 is 23.8 Å². The fourth-order valence-corrected chi connectivity index (χ4v) is 5.14. The summed E-state index contributed by atoms with van der Waals surface area (Å²) in [7, 11) is 1.59. The van der Waals surface area contributed by atoms with Crippen molar-refractivity contribution in [1.29, 1.82) is 0 Å². The minimum Gasteiger partial charge on any atom is -0.496 e. The molecule has 13 heteroatoms. The Morgan fingerprint density at radius 3 is 2.93 bits per heavy atom. The summed E-state index contributed by atoms with van der Waals surface area (Å²) in [5.74, 6) is 0.491. The molecule has 2 aliphatic rings. The fourth-order valence-electron chi connectivity index (χ4n) is 4.97. The van der Waals surface area contributed by atoms with Gasteiger partial charge in [0.1, 0.15) is 22.9 Å². The van der Waals surface area contributed by atoms with E-state index in [0.29, 0.717) is 58.7 Å². The largest absolute Gasteiger partial charge is 0.496 e. The second-order valence-corrected chi connectivity index (χ2v) is 10.2. The van der Waals surface area contributed by atoms with Gasteiger partial charge in [0.2, 0.25) is 0 Å². The minimum atomic E-state index is -0.486. The molecule has 212 valence electrons. The quantitative estimate of drug-likeness (QED) is 0.379. The molecule has 2 atom stereocenters. The molecule has 2 N–H and O–H groups in total. The van der Waals surface area contributed by atoms with E-state index in [0.717, 1.165) is 5.56 Å². The highest BCUT2D eigenvalue weighted by molar-refractivity contribution is 6.32. The van der Waals surface area contributed by atoms with E-state index >= 15 is 0 Å². The van der Waals surface area contributed by atoms with Crippen LogP contribution in [0.2, 0.25) is 5.02 Å². The van der Waals surface area contributed by atoms with Crippen molar-refractivity contribution in [3.63, 3.8) is 0 Å². The van der Waals surface area contributed by atoms with E-state index in [-0.39, 0.29) is 31.5 Å². The molecule has 1 fully saturated rings. The van der Waals surface area contributed by atoms with Crippen molar-refractivity contribution in [3.8, 4) is 22.8 Å². The number of H-pyrrole nitrogens is 1. The lowest BCUT2D eigenvalue weighted by atomic mass is 10.1. The first-order valence-corrected chi connectivity index (χ1v) is 13.6. The molecule has 0 spiro atoms. The van der Waals surface area contributed by atoms with Crippen LogP contribution in [0.5, 0.6) is 11.5 Å². The fraction of sp³-hybridized carbons (Fsp3) is 0.321. The molecule has 0 saturated carbocycles. The first-order chi connectivity index (χ1) is 20.0. The molecule has 2 aliphatic heterocycles. The number of benzene rings is 2. The van der Waals surface area contributed by atoms with Crippen LogP contribution in [0.4, 0.5) is 0 Å². The highest BCUT2D eigenvalue weighted by Gasteiger charge is 2.38. The monoisotopic (exact) mass is 577 g/mol. The lowest BCUT2D eigenvalue weighted by Crippen LogP contribution is -2.44. The summed E-state index contributed by atoms with van der Waals surface area (Å²) in [6.07, 6.45) is 2.00. The topological polar surface area (TPSA) is 136 Å². The Bertz CT molecular complexity index is 1570. The van der Waals surface area contributed by atoms with Gasteiger partial charge < -0.3 is 24.4 Å². The molecule has 2 aromatic carbocycles. The molecular weight excluding hydrogens is 550 g/mol. The van der Waals surface area contributed by atoms with Crippen molar-refractivity contribution in [3.05, 3.63) is 76.7 Å². The van der Waals surface area contributed by atoms with Crippen LogP contribution < -0.4 is 14.8 Å². The number of methoxy groups -OCH3 is 1. The summed E-state index contributed by atoms with van der Waals surface area (Å²) < 4.78 is 19.2. The molecule has 0 unspecified atom stereocenters. The zero-order chi connectivity index (χ0) is 28.3. The molecule has 4 aromatic rings. The lowest BCUT2D eigenvalue weighted by Gasteiger charge is -2.20. The van der Waals surface area contributed by atoms with E-state index < -0.39 is 12.1 Å². The van der Waals surface area contributed by atoms with Gasteiger partial charge in [0.15, 0.2) is 0 Å². The van der Waals surface area contributed by atoms with Crippen LogP contribution in [-0.4, -0.2) is 80.9 Å². The predicted octanol–water partition coefficient (Wildman–Crippen LogP) is 2.95. The number of aromatic amines is 1. The average Bonchev–Trinajstić information content (AvgIpc) is 3.74. The van der Waals surface area contributed by atoms with E-state index in [1.54, 1.807) is 41.0 Å². The number of amides is 2. The molecular formula is C28H28ClN7O5. The maximum Gasteiger partial charge on any atom is 0.272 e. The number of aromatic nitrogens is 5. The summed E-state index contributed by atoms with van der Waals surface area (Å²) in [6, 6.07) is 13.6. The minimum absolute atomic E-state index is 0.183. The van der Waals surface area contributed by atoms with Gasteiger partial charge >= 0.3 is 0 Å². The molecule has 4 bridgehead atoms. The number of hydrogen-bond donors (Lipinski definition) is 2. The number of halogens is 1. The number of para-hydroxylation sites is 1. The van der Waals surface area contributed by atoms with Crippen LogP contribution in [0.3, 0.4) is 0 Å². The van der Waals surface area contributed by atoms with Gasteiger partial charge in [-0.25, -0.2) is 0 Å². The first-order valence-electron chi connectivity index (χ1n) is 13.2. The van der Waals surface area contributed by atoms with Gasteiger partial charge in [-0.3, -0.25) is 19.4 Å². The zero-order valence-electron chi connectivity index (χ0n) is 22.2. The Kier molecular flexibility index (Phi) is 7.57. The van der Waals surface area contributed by atoms with Gasteiger partial charge in [-0.15, -0.1) is 5.10 Å². The summed E-state index contributed by atoms with van der Waals surface area (Å²) >= 11 is 6.31. The number of rotatable bonds is 3. The van der Waals surface area contributed by atoms with Crippen LogP contribution in [0.1, 0.15) is 33.0 Å². The highest BCUT2D eigenvalue weighted by atomic mass is 35.5. The second-order valence-electron chi connectivity index (χ2n) is 9.83. The van der Waals surface area contributed by atoms with Gasteiger partial charge in [-0.2, -0.15) is 5.10 Å². The number of ether oxygens (including phenoxy) is 3. The summed E-state index contributed by atoms with van der Waals surface area (Å²) in [5, 5.41) is 19.0.